The summed E-state index contributed by atoms with van der Waals surface area (Å²) < 4.78 is 2.06. The van der Waals surface area contributed by atoms with E-state index in [-0.39, 0.29) is 6.61 Å². The van der Waals surface area contributed by atoms with Crippen molar-refractivity contribution in [2.24, 2.45) is 0 Å². The van der Waals surface area contributed by atoms with Crippen LogP contribution in [0.5, 0.6) is 0 Å². The average Bonchev–Trinajstić information content (AvgIpc) is 2.84. The number of aliphatic hydroxyl groups excluding tert-OH is 1. The first kappa shape index (κ1) is 13.6. The van der Waals surface area contributed by atoms with Crippen LogP contribution in [0.1, 0.15) is 23.9 Å². The number of imidazole rings is 1. The summed E-state index contributed by atoms with van der Waals surface area (Å²) in [6.07, 6.45) is 0.990. The minimum atomic E-state index is -0.0805. The van der Waals surface area contributed by atoms with Gasteiger partial charge in [0.05, 0.1) is 11.0 Å². The number of anilines is 1. The van der Waals surface area contributed by atoms with E-state index in [0.29, 0.717) is 18.1 Å². The van der Waals surface area contributed by atoms with Crippen LogP contribution in [-0.2, 0) is 19.6 Å². The van der Waals surface area contributed by atoms with Crippen molar-refractivity contribution in [3.63, 3.8) is 0 Å². The summed E-state index contributed by atoms with van der Waals surface area (Å²) in [6, 6.07) is 14.1. The van der Waals surface area contributed by atoms with Crippen LogP contribution >= 0.6 is 0 Å². The van der Waals surface area contributed by atoms with E-state index in [1.54, 1.807) is 0 Å². The minimum absolute atomic E-state index is 0.0805. The molecule has 3 aromatic rings. The molecule has 3 N–H and O–H groups in total. The normalized spacial score (nSPS) is 11.1. The Morgan fingerprint density at radius 1 is 1.14 bits per heavy atom. The Labute approximate surface area is 123 Å². The third-order valence-corrected chi connectivity index (χ3v) is 3.82. The van der Waals surface area contributed by atoms with Gasteiger partial charge in [-0.2, -0.15) is 0 Å². The Morgan fingerprint density at radius 2 is 1.90 bits per heavy atom. The van der Waals surface area contributed by atoms with Gasteiger partial charge in [-0.25, -0.2) is 4.98 Å². The molecule has 1 heterocycles. The van der Waals surface area contributed by atoms with Crippen LogP contribution < -0.4 is 5.73 Å². The third-order valence-electron chi connectivity index (χ3n) is 3.82. The third kappa shape index (κ3) is 2.50. The number of aliphatic hydroxyl groups is 1. The van der Waals surface area contributed by atoms with E-state index in [9.17, 15) is 5.11 Å². The fourth-order valence-electron chi connectivity index (χ4n) is 2.72. The Bertz CT molecular complexity index is 777. The Kier molecular flexibility index (Phi) is 3.62. The van der Waals surface area contributed by atoms with Crippen molar-refractivity contribution in [2.75, 3.05) is 5.73 Å². The molecule has 0 unspecified atom stereocenters. The molecule has 0 bridgehead atoms. The monoisotopic (exact) mass is 281 g/mol. The van der Waals surface area contributed by atoms with E-state index in [1.807, 2.05) is 24.3 Å². The zero-order valence-corrected chi connectivity index (χ0v) is 12.1. The summed E-state index contributed by atoms with van der Waals surface area (Å²) in [4.78, 5) is 4.48. The molecule has 108 valence electrons. The van der Waals surface area contributed by atoms with Crippen LogP contribution in [0.25, 0.3) is 11.0 Å². The Morgan fingerprint density at radius 3 is 2.62 bits per heavy atom. The Balaban J connectivity index is 2.11. The van der Waals surface area contributed by atoms with Crippen molar-refractivity contribution in [3.8, 4) is 0 Å². The number of hydrogen-bond acceptors (Lipinski definition) is 3. The molecule has 0 radical (unpaired) electrons. The molecule has 1 aromatic heterocycles. The molecule has 21 heavy (non-hydrogen) atoms. The van der Waals surface area contributed by atoms with Crippen molar-refractivity contribution >= 4 is 16.7 Å². The lowest BCUT2D eigenvalue weighted by molar-refractivity contribution is 0.267. The molecule has 0 fully saturated rings. The van der Waals surface area contributed by atoms with Gasteiger partial charge >= 0.3 is 0 Å². The van der Waals surface area contributed by atoms with E-state index < -0.39 is 0 Å². The molecule has 0 saturated carbocycles. The summed E-state index contributed by atoms with van der Waals surface area (Å²) in [5.74, 6) is 0.668. The number of nitrogen functional groups attached to an aromatic ring is 1. The van der Waals surface area contributed by atoms with Gasteiger partial charge in [-0.15, -0.1) is 0 Å². The first-order valence-electron chi connectivity index (χ1n) is 7.15. The molecule has 0 atom stereocenters. The predicted molar refractivity (Wildman–Crippen MR) is 85.0 cm³/mol. The number of fused-ring (bicyclic) bond motifs is 1. The maximum absolute atomic E-state index is 9.58. The SMILES string of the molecule is CCc1ccccc1Cn1c(CO)nc2cc(N)ccc21. The van der Waals surface area contributed by atoms with E-state index in [1.165, 1.54) is 11.1 Å². The van der Waals surface area contributed by atoms with Crippen LogP contribution in [0.4, 0.5) is 5.69 Å². The standard InChI is InChI=1S/C17H19N3O/c1-2-12-5-3-4-6-13(12)10-20-16-8-7-14(18)9-15(16)19-17(20)11-21/h3-9,21H,2,10-11,18H2,1H3. The minimum Gasteiger partial charge on any atom is -0.399 e. The van der Waals surface area contributed by atoms with Gasteiger partial charge in [0.15, 0.2) is 0 Å². The largest absolute Gasteiger partial charge is 0.399 e. The van der Waals surface area contributed by atoms with Gasteiger partial charge in [0.1, 0.15) is 12.4 Å². The lowest BCUT2D eigenvalue weighted by Crippen LogP contribution is -2.07. The molecular weight excluding hydrogens is 262 g/mol. The lowest BCUT2D eigenvalue weighted by Gasteiger charge is -2.11. The number of rotatable bonds is 4. The van der Waals surface area contributed by atoms with Crippen molar-refractivity contribution in [3.05, 3.63) is 59.4 Å². The van der Waals surface area contributed by atoms with Gasteiger partial charge in [-0.3, -0.25) is 0 Å². The van der Waals surface area contributed by atoms with Gasteiger partial charge in [0.25, 0.3) is 0 Å². The van der Waals surface area contributed by atoms with Crippen LogP contribution in [0.3, 0.4) is 0 Å². The molecule has 0 amide bonds. The molecule has 0 aliphatic heterocycles. The molecule has 0 saturated heterocycles. The highest BCUT2D eigenvalue weighted by Crippen LogP contribution is 2.22. The molecule has 3 rings (SSSR count). The second kappa shape index (κ2) is 5.58. The zero-order chi connectivity index (χ0) is 14.8. The number of nitrogens with zero attached hydrogens (tertiary/aromatic N) is 2. The van der Waals surface area contributed by atoms with Crippen LogP contribution in [0, 0.1) is 0 Å². The van der Waals surface area contributed by atoms with Crippen molar-refractivity contribution in [1.29, 1.82) is 0 Å². The van der Waals surface area contributed by atoms with Crippen molar-refractivity contribution < 1.29 is 5.11 Å². The lowest BCUT2D eigenvalue weighted by atomic mass is 10.1. The zero-order valence-electron chi connectivity index (χ0n) is 12.1. The van der Waals surface area contributed by atoms with Gasteiger partial charge < -0.3 is 15.4 Å². The molecular formula is C17H19N3O. The first-order chi connectivity index (χ1) is 10.2. The van der Waals surface area contributed by atoms with Gasteiger partial charge in [0.2, 0.25) is 0 Å². The quantitative estimate of drug-likeness (QED) is 0.723. The summed E-state index contributed by atoms with van der Waals surface area (Å²) in [7, 11) is 0. The summed E-state index contributed by atoms with van der Waals surface area (Å²) in [5.41, 5.74) is 10.9. The van der Waals surface area contributed by atoms with Gasteiger partial charge in [0, 0.05) is 12.2 Å². The van der Waals surface area contributed by atoms with Crippen molar-refractivity contribution in [2.45, 2.75) is 26.5 Å². The molecule has 4 heteroatoms. The number of nitrogens with two attached hydrogens (primary N) is 1. The highest BCUT2D eigenvalue weighted by atomic mass is 16.3. The van der Waals surface area contributed by atoms with Crippen LogP contribution in [-0.4, -0.2) is 14.7 Å². The van der Waals surface area contributed by atoms with Gasteiger partial charge in [-0.05, 0) is 35.7 Å². The number of aryl methyl sites for hydroxylation is 1. The second-order valence-electron chi connectivity index (χ2n) is 5.14. The average molecular weight is 281 g/mol. The predicted octanol–water partition coefficient (Wildman–Crippen LogP) is 2.72. The fourth-order valence-corrected chi connectivity index (χ4v) is 2.72. The summed E-state index contributed by atoms with van der Waals surface area (Å²) >= 11 is 0. The Hall–Kier alpha value is -2.33. The number of benzene rings is 2. The highest BCUT2D eigenvalue weighted by Gasteiger charge is 2.11. The van der Waals surface area contributed by atoms with Crippen LogP contribution in [0.15, 0.2) is 42.5 Å². The summed E-state index contributed by atoms with van der Waals surface area (Å²) in [6.45, 7) is 2.78. The maximum atomic E-state index is 9.58. The highest BCUT2D eigenvalue weighted by molar-refractivity contribution is 5.79. The van der Waals surface area contributed by atoms with Crippen molar-refractivity contribution in [1.82, 2.24) is 9.55 Å². The number of hydrogen-bond donors (Lipinski definition) is 2. The smallest absolute Gasteiger partial charge is 0.136 e. The van der Waals surface area contributed by atoms with E-state index >= 15 is 0 Å². The van der Waals surface area contributed by atoms with E-state index in [0.717, 1.165) is 17.5 Å². The van der Waals surface area contributed by atoms with E-state index in [2.05, 4.69) is 34.7 Å². The molecule has 4 nitrogen and oxygen atoms in total. The van der Waals surface area contributed by atoms with Gasteiger partial charge in [-0.1, -0.05) is 31.2 Å². The molecule has 0 aliphatic carbocycles. The molecule has 2 aromatic carbocycles. The number of aromatic nitrogens is 2. The topological polar surface area (TPSA) is 64.1 Å². The van der Waals surface area contributed by atoms with Crippen LogP contribution in [0.2, 0.25) is 0 Å². The summed E-state index contributed by atoms with van der Waals surface area (Å²) in [5, 5.41) is 9.58. The second-order valence-corrected chi connectivity index (χ2v) is 5.14. The molecule has 0 spiro atoms. The van der Waals surface area contributed by atoms with E-state index in [4.69, 9.17) is 5.73 Å². The fraction of sp³-hybridized carbons (Fsp3) is 0.235. The molecule has 0 aliphatic rings. The first-order valence-corrected chi connectivity index (χ1v) is 7.15. The maximum Gasteiger partial charge on any atom is 0.136 e.